The highest BCUT2D eigenvalue weighted by molar-refractivity contribution is 5.85. The molecule has 25 heavy (non-hydrogen) atoms. The van der Waals surface area contributed by atoms with Crippen LogP contribution in [0.1, 0.15) is 37.8 Å². The lowest BCUT2D eigenvalue weighted by Crippen LogP contribution is -2.45. The van der Waals surface area contributed by atoms with Gasteiger partial charge in [0.25, 0.3) is 0 Å². The molecule has 1 aliphatic rings. The number of methoxy groups -OCH3 is 1. The molecule has 1 aromatic carbocycles. The summed E-state index contributed by atoms with van der Waals surface area (Å²) in [6, 6.07) is 4.53. The molecule has 1 atom stereocenters. The summed E-state index contributed by atoms with van der Waals surface area (Å²) >= 11 is 0. The summed E-state index contributed by atoms with van der Waals surface area (Å²) in [7, 11) is 1.48. The molecule has 0 unspecified atom stereocenters. The Morgan fingerprint density at radius 3 is 2.48 bits per heavy atom. The number of halogens is 4. The van der Waals surface area contributed by atoms with Crippen LogP contribution in [0.4, 0.5) is 13.2 Å². The number of rotatable bonds is 7. The van der Waals surface area contributed by atoms with Gasteiger partial charge in [-0.25, -0.2) is 0 Å². The lowest BCUT2D eigenvalue weighted by Gasteiger charge is -2.36. The molecule has 1 N–H and O–H groups in total. The quantitative estimate of drug-likeness (QED) is 0.768. The Morgan fingerprint density at radius 1 is 1.24 bits per heavy atom. The van der Waals surface area contributed by atoms with Gasteiger partial charge < -0.3 is 14.8 Å². The molecule has 1 fully saturated rings. The number of piperazine rings is 1. The van der Waals surface area contributed by atoms with E-state index in [9.17, 15) is 13.2 Å². The highest BCUT2D eigenvalue weighted by Gasteiger charge is 2.32. The van der Waals surface area contributed by atoms with Crippen LogP contribution >= 0.6 is 12.4 Å². The van der Waals surface area contributed by atoms with E-state index in [4.69, 9.17) is 4.74 Å². The number of benzene rings is 1. The molecule has 0 amide bonds. The standard InChI is InChI=1S/C17H25F3N2O2.ClH/c1-3-4-5-15(22-10-8-21-9-11-22)14-7-6-13(12-16(14)23-2)24-17(18,19)20;/h6-7,12,15,21H,3-5,8-11H2,1-2H3;1H/t15-;/m1./s1. The second-order valence-corrected chi connectivity index (χ2v) is 5.90. The van der Waals surface area contributed by atoms with Crippen LogP contribution < -0.4 is 14.8 Å². The van der Waals surface area contributed by atoms with Gasteiger partial charge in [-0.1, -0.05) is 25.8 Å². The predicted molar refractivity (Wildman–Crippen MR) is 93.6 cm³/mol. The fourth-order valence-electron chi connectivity index (χ4n) is 3.09. The number of unbranched alkanes of at least 4 members (excludes halogenated alkanes) is 1. The van der Waals surface area contributed by atoms with Crippen LogP contribution in [0.25, 0.3) is 0 Å². The van der Waals surface area contributed by atoms with Gasteiger partial charge in [0.15, 0.2) is 0 Å². The van der Waals surface area contributed by atoms with Crippen molar-refractivity contribution in [1.82, 2.24) is 10.2 Å². The molecule has 0 radical (unpaired) electrons. The van der Waals surface area contributed by atoms with Gasteiger partial charge in [-0.05, 0) is 12.5 Å². The molecule has 0 aliphatic carbocycles. The second-order valence-electron chi connectivity index (χ2n) is 5.90. The summed E-state index contributed by atoms with van der Waals surface area (Å²) in [4.78, 5) is 2.37. The zero-order chi connectivity index (χ0) is 17.6. The predicted octanol–water partition coefficient (Wildman–Crippen LogP) is 4.15. The van der Waals surface area contributed by atoms with Crippen LogP contribution in [0, 0.1) is 0 Å². The van der Waals surface area contributed by atoms with E-state index in [0.717, 1.165) is 51.0 Å². The van der Waals surface area contributed by atoms with Crippen molar-refractivity contribution in [2.75, 3.05) is 33.3 Å². The van der Waals surface area contributed by atoms with E-state index in [1.54, 1.807) is 6.07 Å². The van der Waals surface area contributed by atoms with Crippen molar-refractivity contribution in [3.8, 4) is 11.5 Å². The SMILES string of the molecule is CCCC[C@H](c1ccc(OC(F)(F)F)cc1OC)N1CCNCC1.Cl. The number of hydrogen-bond acceptors (Lipinski definition) is 4. The number of nitrogens with one attached hydrogen (secondary N) is 1. The first-order valence-electron chi connectivity index (χ1n) is 8.33. The summed E-state index contributed by atoms with van der Waals surface area (Å²) in [5, 5.41) is 3.32. The minimum Gasteiger partial charge on any atom is -0.496 e. The monoisotopic (exact) mass is 382 g/mol. The van der Waals surface area contributed by atoms with E-state index in [1.165, 1.54) is 19.2 Å². The average molecular weight is 383 g/mol. The molecule has 0 aromatic heterocycles. The number of nitrogens with zero attached hydrogens (tertiary/aromatic N) is 1. The molecular weight excluding hydrogens is 357 g/mol. The summed E-state index contributed by atoms with van der Waals surface area (Å²) in [6.45, 7) is 5.80. The van der Waals surface area contributed by atoms with Crippen LogP contribution in [-0.2, 0) is 0 Å². The maximum Gasteiger partial charge on any atom is 0.573 e. The molecule has 8 heteroatoms. The Labute approximate surface area is 153 Å². The maximum absolute atomic E-state index is 12.4. The molecule has 1 saturated heterocycles. The van der Waals surface area contributed by atoms with Gasteiger partial charge in [0.1, 0.15) is 11.5 Å². The molecule has 144 valence electrons. The van der Waals surface area contributed by atoms with E-state index >= 15 is 0 Å². The Balaban J connectivity index is 0.00000312. The zero-order valence-corrected chi connectivity index (χ0v) is 15.4. The summed E-state index contributed by atoms with van der Waals surface area (Å²) < 4.78 is 46.6. The fourth-order valence-corrected chi connectivity index (χ4v) is 3.09. The highest BCUT2D eigenvalue weighted by Crippen LogP contribution is 2.37. The first-order valence-corrected chi connectivity index (χ1v) is 8.33. The molecule has 2 rings (SSSR count). The maximum atomic E-state index is 12.4. The van der Waals surface area contributed by atoms with Crippen molar-refractivity contribution in [2.24, 2.45) is 0 Å². The third kappa shape index (κ3) is 6.56. The molecule has 1 aliphatic heterocycles. The molecule has 0 spiro atoms. The number of hydrogen-bond donors (Lipinski definition) is 1. The Hall–Kier alpha value is -1.18. The lowest BCUT2D eigenvalue weighted by atomic mass is 9.97. The van der Waals surface area contributed by atoms with Crippen molar-refractivity contribution in [1.29, 1.82) is 0 Å². The van der Waals surface area contributed by atoms with Crippen molar-refractivity contribution < 1.29 is 22.6 Å². The normalized spacial score (nSPS) is 16.8. The first-order chi connectivity index (χ1) is 11.4. The Morgan fingerprint density at radius 2 is 1.92 bits per heavy atom. The van der Waals surface area contributed by atoms with E-state index in [2.05, 4.69) is 21.9 Å². The summed E-state index contributed by atoms with van der Waals surface area (Å²) in [6.07, 6.45) is -1.63. The van der Waals surface area contributed by atoms with Gasteiger partial charge in [0, 0.05) is 43.9 Å². The van der Waals surface area contributed by atoms with E-state index in [-0.39, 0.29) is 24.2 Å². The van der Waals surface area contributed by atoms with Gasteiger partial charge in [0.2, 0.25) is 0 Å². The smallest absolute Gasteiger partial charge is 0.496 e. The van der Waals surface area contributed by atoms with Gasteiger partial charge in [-0.15, -0.1) is 25.6 Å². The average Bonchev–Trinajstić information content (AvgIpc) is 2.55. The summed E-state index contributed by atoms with van der Waals surface area (Å²) in [5.74, 6) is 0.189. The van der Waals surface area contributed by atoms with E-state index in [0.29, 0.717) is 5.75 Å². The van der Waals surface area contributed by atoms with Crippen LogP contribution in [0.2, 0.25) is 0 Å². The molecule has 4 nitrogen and oxygen atoms in total. The van der Waals surface area contributed by atoms with Gasteiger partial charge >= 0.3 is 6.36 Å². The van der Waals surface area contributed by atoms with Gasteiger partial charge in [-0.3, -0.25) is 4.90 Å². The lowest BCUT2D eigenvalue weighted by molar-refractivity contribution is -0.274. The Kier molecular flexibility index (Phi) is 8.82. The molecule has 1 heterocycles. The molecule has 0 bridgehead atoms. The second kappa shape index (κ2) is 10.1. The molecule has 0 saturated carbocycles. The Bertz CT molecular complexity index is 523. The largest absolute Gasteiger partial charge is 0.573 e. The van der Waals surface area contributed by atoms with Crippen LogP contribution in [0.3, 0.4) is 0 Å². The van der Waals surface area contributed by atoms with Crippen molar-refractivity contribution in [2.45, 2.75) is 38.6 Å². The number of alkyl halides is 3. The van der Waals surface area contributed by atoms with E-state index in [1.807, 2.05) is 0 Å². The first kappa shape index (κ1) is 21.9. The number of ether oxygens (including phenoxy) is 2. The topological polar surface area (TPSA) is 33.7 Å². The summed E-state index contributed by atoms with van der Waals surface area (Å²) in [5.41, 5.74) is 0.919. The van der Waals surface area contributed by atoms with Gasteiger partial charge in [-0.2, -0.15) is 0 Å². The van der Waals surface area contributed by atoms with Crippen molar-refractivity contribution in [3.05, 3.63) is 23.8 Å². The van der Waals surface area contributed by atoms with Crippen molar-refractivity contribution >= 4 is 12.4 Å². The minimum atomic E-state index is -4.70. The van der Waals surface area contributed by atoms with Crippen LogP contribution in [0.15, 0.2) is 18.2 Å². The third-order valence-electron chi connectivity index (χ3n) is 4.22. The third-order valence-corrected chi connectivity index (χ3v) is 4.22. The molecule has 1 aromatic rings. The fraction of sp³-hybridized carbons (Fsp3) is 0.647. The van der Waals surface area contributed by atoms with Gasteiger partial charge in [0.05, 0.1) is 7.11 Å². The highest BCUT2D eigenvalue weighted by atomic mass is 35.5. The van der Waals surface area contributed by atoms with Crippen molar-refractivity contribution in [3.63, 3.8) is 0 Å². The zero-order valence-electron chi connectivity index (χ0n) is 14.6. The van der Waals surface area contributed by atoms with Crippen LogP contribution in [0.5, 0.6) is 11.5 Å². The minimum absolute atomic E-state index is 0. The van der Waals surface area contributed by atoms with Crippen LogP contribution in [-0.4, -0.2) is 44.6 Å². The van der Waals surface area contributed by atoms with E-state index < -0.39 is 6.36 Å². The molecular formula is C17H26ClF3N2O2.